The van der Waals surface area contributed by atoms with Gasteiger partial charge in [0, 0.05) is 25.8 Å². The lowest BCUT2D eigenvalue weighted by molar-refractivity contribution is 0.0989. The standard InChI is InChI=1S/C24H17Br2N3O2/c1-31-19-12-4-14(5-13-19)21-20-22(28-27-21)24(30)29(18-10-8-17(26)9-11-18)23(20)15-2-6-16(25)7-3-15/h2-13,23H,1H3,(H,27,28)/t23-/m1/s1. The molecular weight excluding hydrogens is 522 g/mol. The van der Waals surface area contributed by atoms with E-state index in [9.17, 15) is 4.79 Å². The van der Waals surface area contributed by atoms with Crippen LogP contribution in [0.5, 0.6) is 5.75 Å². The Hall–Kier alpha value is -2.90. The van der Waals surface area contributed by atoms with Gasteiger partial charge in [-0.3, -0.25) is 14.8 Å². The second-order valence-corrected chi connectivity index (χ2v) is 9.03. The van der Waals surface area contributed by atoms with Crippen molar-refractivity contribution >= 4 is 43.5 Å². The molecule has 0 spiro atoms. The van der Waals surface area contributed by atoms with Gasteiger partial charge in [0.15, 0.2) is 0 Å². The van der Waals surface area contributed by atoms with Crippen molar-refractivity contribution in [2.24, 2.45) is 0 Å². The quantitative estimate of drug-likeness (QED) is 0.329. The molecule has 0 bridgehead atoms. The van der Waals surface area contributed by atoms with Gasteiger partial charge in [-0.2, -0.15) is 5.10 Å². The number of halogens is 2. The molecule has 0 fully saturated rings. The molecule has 0 saturated carbocycles. The average Bonchev–Trinajstić information content (AvgIpc) is 3.34. The predicted octanol–water partition coefficient (Wildman–Crippen LogP) is 6.36. The third-order valence-electron chi connectivity index (χ3n) is 5.42. The number of aromatic amines is 1. The van der Waals surface area contributed by atoms with Crippen LogP contribution >= 0.6 is 31.9 Å². The summed E-state index contributed by atoms with van der Waals surface area (Å²) in [5, 5.41) is 7.51. The van der Waals surface area contributed by atoms with E-state index < -0.39 is 0 Å². The molecule has 0 saturated heterocycles. The first-order valence-corrected chi connectivity index (χ1v) is 11.2. The number of methoxy groups -OCH3 is 1. The Kier molecular flexibility index (Phi) is 5.16. The van der Waals surface area contributed by atoms with E-state index in [2.05, 4.69) is 42.1 Å². The molecule has 0 aliphatic carbocycles. The summed E-state index contributed by atoms with van der Waals surface area (Å²) in [6.45, 7) is 0. The summed E-state index contributed by atoms with van der Waals surface area (Å²) in [4.78, 5) is 15.3. The van der Waals surface area contributed by atoms with Crippen molar-refractivity contribution in [3.63, 3.8) is 0 Å². The zero-order valence-corrected chi connectivity index (χ0v) is 19.6. The number of hydrogen-bond acceptors (Lipinski definition) is 3. The molecule has 1 atom stereocenters. The minimum Gasteiger partial charge on any atom is -0.497 e. The van der Waals surface area contributed by atoms with E-state index in [1.165, 1.54) is 0 Å². The highest BCUT2D eigenvalue weighted by Gasteiger charge is 2.43. The van der Waals surface area contributed by atoms with E-state index in [0.717, 1.165) is 42.8 Å². The third kappa shape index (κ3) is 3.47. The molecule has 31 heavy (non-hydrogen) atoms. The van der Waals surface area contributed by atoms with Crippen LogP contribution in [-0.2, 0) is 0 Å². The van der Waals surface area contributed by atoms with Gasteiger partial charge in [0.1, 0.15) is 11.4 Å². The molecule has 1 N–H and O–H groups in total. The van der Waals surface area contributed by atoms with Crippen LogP contribution < -0.4 is 9.64 Å². The summed E-state index contributed by atoms with van der Waals surface area (Å²) < 4.78 is 7.23. The number of ether oxygens (including phenoxy) is 1. The van der Waals surface area contributed by atoms with Crippen LogP contribution in [0.15, 0.2) is 81.7 Å². The van der Waals surface area contributed by atoms with E-state index in [1.54, 1.807) is 7.11 Å². The largest absolute Gasteiger partial charge is 0.497 e. The van der Waals surface area contributed by atoms with Gasteiger partial charge in [0.2, 0.25) is 0 Å². The van der Waals surface area contributed by atoms with E-state index >= 15 is 0 Å². The SMILES string of the molecule is COc1ccc(-c2n[nH]c3c2[C@@H](c2ccc(Br)cc2)N(c2ccc(Br)cc2)C3=O)cc1. The van der Waals surface area contributed by atoms with Gasteiger partial charge >= 0.3 is 0 Å². The number of benzene rings is 3. The zero-order chi connectivity index (χ0) is 21.5. The number of aromatic nitrogens is 2. The summed E-state index contributed by atoms with van der Waals surface area (Å²) >= 11 is 6.98. The van der Waals surface area contributed by atoms with Gasteiger partial charge < -0.3 is 4.74 Å². The average molecular weight is 539 g/mol. The van der Waals surface area contributed by atoms with Crippen molar-refractivity contribution in [2.75, 3.05) is 12.0 Å². The third-order valence-corrected chi connectivity index (χ3v) is 6.48. The molecule has 5 nitrogen and oxygen atoms in total. The lowest BCUT2D eigenvalue weighted by Gasteiger charge is -2.26. The molecule has 7 heteroatoms. The van der Waals surface area contributed by atoms with E-state index in [-0.39, 0.29) is 11.9 Å². The highest BCUT2D eigenvalue weighted by atomic mass is 79.9. The van der Waals surface area contributed by atoms with Crippen LogP contribution in [0.25, 0.3) is 11.3 Å². The molecule has 1 amide bonds. The molecule has 1 aromatic heterocycles. The molecule has 2 heterocycles. The number of carbonyl (C=O) groups excluding carboxylic acids is 1. The summed E-state index contributed by atoms with van der Waals surface area (Å²) in [5.74, 6) is 0.672. The fourth-order valence-electron chi connectivity index (χ4n) is 3.94. The highest BCUT2D eigenvalue weighted by Crippen LogP contribution is 2.45. The maximum absolute atomic E-state index is 13.5. The first kappa shape index (κ1) is 20.0. The first-order chi connectivity index (χ1) is 15.1. The van der Waals surface area contributed by atoms with E-state index in [0.29, 0.717) is 5.69 Å². The van der Waals surface area contributed by atoms with Crippen LogP contribution in [0.1, 0.15) is 27.7 Å². The number of rotatable bonds is 4. The molecule has 3 aromatic carbocycles. The number of carbonyl (C=O) groups is 1. The number of anilines is 1. The second-order valence-electron chi connectivity index (χ2n) is 7.20. The Bertz CT molecular complexity index is 1250. The fourth-order valence-corrected chi connectivity index (χ4v) is 4.47. The molecule has 4 aromatic rings. The monoisotopic (exact) mass is 537 g/mol. The van der Waals surface area contributed by atoms with Crippen molar-refractivity contribution < 1.29 is 9.53 Å². The Balaban J connectivity index is 1.69. The van der Waals surface area contributed by atoms with Crippen molar-refractivity contribution in [3.05, 3.63) is 98.6 Å². The lowest BCUT2D eigenvalue weighted by atomic mass is 9.96. The van der Waals surface area contributed by atoms with Crippen LogP contribution in [0.4, 0.5) is 5.69 Å². The van der Waals surface area contributed by atoms with E-state index in [1.807, 2.05) is 77.7 Å². The minimum atomic E-state index is -0.298. The number of H-pyrrole nitrogens is 1. The fraction of sp³-hybridized carbons (Fsp3) is 0.0833. The summed E-state index contributed by atoms with van der Waals surface area (Å²) in [6.07, 6.45) is 0. The van der Waals surface area contributed by atoms with Crippen LogP contribution in [0, 0.1) is 0 Å². The number of nitrogens with one attached hydrogen (secondary N) is 1. The van der Waals surface area contributed by atoms with Crippen molar-refractivity contribution in [3.8, 4) is 17.0 Å². The van der Waals surface area contributed by atoms with Crippen molar-refractivity contribution in [1.82, 2.24) is 10.2 Å². The molecule has 0 radical (unpaired) electrons. The van der Waals surface area contributed by atoms with Gasteiger partial charge in [-0.05, 0) is 66.2 Å². The predicted molar refractivity (Wildman–Crippen MR) is 128 cm³/mol. The summed E-state index contributed by atoms with van der Waals surface area (Å²) in [5.41, 5.74) is 4.91. The maximum Gasteiger partial charge on any atom is 0.277 e. The first-order valence-electron chi connectivity index (χ1n) is 9.64. The second kappa shape index (κ2) is 7.98. The number of nitrogens with zero attached hydrogens (tertiary/aromatic N) is 2. The number of amides is 1. The van der Waals surface area contributed by atoms with Gasteiger partial charge in [0.05, 0.1) is 18.8 Å². The normalized spacial score (nSPS) is 15.3. The molecular formula is C24H17Br2N3O2. The lowest BCUT2D eigenvalue weighted by Crippen LogP contribution is -2.29. The molecule has 5 rings (SSSR count). The van der Waals surface area contributed by atoms with Gasteiger partial charge in [0.25, 0.3) is 5.91 Å². The Morgan fingerprint density at radius 1 is 0.903 bits per heavy atom. The topological polar surface area (TPSA) is 58.2 Å². The van der Waals surface area contributed by atoms with Crippen molar-refractivity contribution in [2.45, 2.75) is 6.04 Å². The van der Waals surface area contributed by atoms with Gasteiger partial charge in [-0.1, -0.05) is 44.0 Å². The summed E-state index contributed by atoms with van der Waals surface area (Å²) in [7, 11) is 1.64. The van der Waals surface area contributed by atoms with E-state index in [4.69, 9.17) is 4.74 Å². The molecule has 154 valence electrons. The summed E-state index contributed by atoms with van der Waals surface area (Å²) in [6, 6.07) is 23.2. The smallest absolute Gasteiger partial charge is 0.277 e. The molecule has 1 aliphatic rings. The maximum atomic E-state index is 13.5. The minimum absolute atomic E-state index is 0.0995. The van der Waals surface area contributed by atoms with Crippen LogP contribution in [0.3, 0.4) is 0 Å². The van der Waals surface area contributed by atoms with Crippen LogP contribution in [-0.4, -0.2) is 23.2 Å². The number of fused-ring (bicyclic) bond motifs is 1. The Morgan fingerprint density at radius 3 is 2.13 bits per heavy atom. The highest BCUT2D eigenvalue weighted by molar-refractivity contribution is 9.10. The van der Waals surface area contributed by atoms with Crippen molar-refractivity contribution in [1.29, 1.82) is 0 Å². The van der Waals surface area contributed by atoms with Gasteiger partial charge in [-0.25, -0.2) is 0 Å². The molecule has 0 unspecified atom stereocenters. The van der Waals surface area contributed by atoms with Crippen LogP contribution in [0.2, 0.25) is 0 Å². The number of hydrogen-bond donors (Lipinski definition) is 1. The van der Waals surface area contributed by atoms with Gasteiger partial charge in [-0.15, -0.1) is 0 Å². The molecule has 1 aliphatic heterocycles. The zero-order valence-electron chi connectivity index (χ0n) is 16.5. The Labute approximate surface area is 196 Å². The Morgan fingerprint density at radius 2 is 1.52 bits per heavy atom.